The normalized spacial score (nSPS) is 11.7. The topological polar surface area (TPSA) is 153 Å². The van der Waals surface area contributed by atoms with Gasteiger partial charge in [0.2, 0.25) is 0 Å². The van der Waals surface area contributed by atoms with Gasteiger partial charge in [0.25, 0.3) is 0 Å². The quantitative estimate of drug-likeness (QED) is 0.123. The van der Waals surface area contributed by atoms with E-state index in [4.69, 9.17) is 29.4 Å². The van der Waals surface area contributed by atoms with Crippen LogP contribution in [0.1, 0.15) is 79.1 Å². The van der Waals surface area contributed by atoms with Crippen molar-refractivity contribution in [1.82, 2.24) is 11.5 Å². The first-order chi connectivity index (χ1) is 17.8. The number of hydrogen-bond acceptors (Lipinski definition) is 10. The highest BCUT2D eigenvalue weighted by atomic mass is 16.6. The summed E-state index contributed by atoms with van der Waals surface area (Å²) in [4.78, 5) is 23.9. The first-order valence-corrected chi connectivity index (χ1v) is 13.9. The van der Waals surface area contributed by atoms with Crippen LogP contribution in [0, 0.1) is 5.92 Å². The summed E-state index contributed by atoms with van der Waals surface area (Å²) in [7, 11) is 0. The highest BCUT2D eigenvalue weighted by molar-refractivity contribution is 5.79. The van der Waals surface area contributed by atoms with Crippen molar-refractivity contribution in [3.05, 3.63) is 11.9 Å². The lowest BCUT2D eigenvalue weighted by Gasteiger charge is -2.09. The predicted molar refractivity (Wildman–Crippen MR) is 151 cm³/mol. The van der Waals surface area contributed by atoms with Crippen LogP contribution in [-0.4, -0.2) is 83.7 Å². The van der Waals surface area contributed by atoms with Crippen molar-refractivity contribution in [2.45, 2.75) is 85.2 Å². The van der Waals surface area contributed by atoms with E-state index in [2.05, 4.69) is 19.2 Å². The van der Waals surface area contributed by atoms with Gasteiger partial charge < -0.3 is 40.9 Å². The molecule has 0 atom stereocenters. The van der Waals surface area contributed by atoms with Gasteiger partial charge in [0.05, 0.1) is 59.0 Å². The van der Waals surface area contributed by atoms with Gasteiger partial charge in [-0.3, -0.25) is 9.59 Å². The van der Waals surface area contributed by atoms with Crippen molar-refractivity contribution < 1.29 is 33.3 Å². The first kappa shape index (κ1) is 38.6. The molecule has 0 bridgehead atoms. The molecule has 0 rings (SSSR count). The zero-order chi connectivity index (χ0) is 27.6. The molecule has 0 aromatic rings. The van der Waals surface area contributed by atoms with Crippen LogP contribution in [0.25, 0.3) is 0 Å². The second kappa shape index (κ2) is 28.4. The Bertz CT molecular complexity index is 587. The summed E-state index contributed by atoms with van der Waals surface area (Å²) in [5.41, 5.74) is 6.62. The molecular weight excluding hydrogens is 490 g/mol. The lowest BCUT2D eigenvalue weighted by Crippen LogP contribution is -2.18. The van der Waals surface area contributed by atoms with E-state index in [0.29, 0.717) is 110 Å². The maximum atomic E-state index is 12.1. The molecule has 0 aromatic heterocycles. The molecule has 0 aliphatic carbocycles. The van der Waals surface area contributed by atoms with Crippen molar-refractivity contribution >= 4 is 11.6 Å². The maximum absolute atomic E-state index is 12.1. The van der Waals surface area contributed by atoms with Crippen molar-refractivity contribution in [3.8, 4) is 0 Å². The van der Waals surface area contributed by atoms with Gasteiger partial charge in [0.15, 0.2) is 0 Å². The predicted octanol–water partition coefficient (Wildman–Crippen LogP) is 3.94. The summed E-state index contributed by atoms with van der Waals surface area (Å²) in [6.45, 7) is 13.9. The van der Waals surface area contributed by atoms with Crippen LogP contribution in [0.4, 0.5) is 0 Å². The molecule has 0 aromatic carbocycles. The lowest BCUT2D eigenvalue weighted by molar-refractivity contribution is -0.120. The fourth-order valence-corrected chi connectivity index (χ4v) is 3.15. The minimum Gasteiger partial charge on any atom is -0.401 e. The minimum absolute atomic E-state index is 0. The van der Waals surface area contributed by atoms with Gasteiger partial charge in [-0.05, 0) is 39.0 Å². The number of nitrogens with two attached hydrogens (primary N) is 1. The van der Waals surface area contributed by atoms with E-state index < -0.39 is 0 Å². The molecule has 38 heavy (non-hydrogen) atoms. The molecule has 0 unspecified atom stereocenters. The van der Waals surface area contributed by atoms with Crippen molar-refractivity contribution in [2.75, 3.05) is 66.0 Å². The molecular formula is C28H57N3O7. The Hall–Kier alpha value is -1.56. The molecule has 10 heteroatoms. The fourth-order valence-electron chi connectivity index (χ4n) is 3.15. The molecule has 226 valence electrons. The first-order valence-electron chi connectivity index (χ1n) is 13.9. The molecule has 6 N–H and O–H groups in total. The van der Waals surface area contributed by atoms with Crippen LogP contribution < -0.4 is 17.2 Å². The third kappa shape index (κ3) is 30.7. The van der Waals surface area contributed by atoms with E-state index in [1.54, 1.807) is 6.20 Å². The van der Waals surface area contributed by atoms with E-state index in [9.17, 15) is 9.59 Å². The van der Waals surface area contributed by atoms with E-state index in [0.717, 1.165) is 19.3 Å². The third-order valence-electron chi connectivity index (χ3n) is 5.18. The van der Waals surface area contributed by atoms with Gasteiger partial charge in [0.1, 0.15) is 11.6 Å². The Balaban J connectivity index is 0. The highest BCUT2D eigenvalue weighted by Gasteiger charge is 2.05. The van der Waals surface area contributed by atoms with Crippen LogP contribution in [0.2, 0.25) is 0 Å². The molecule has 0 spiro atoms. The van der Waals surface area contributed by atoms with Crippen LogP contribution in [0.5, 0.6) is 0 Å². The van der Waals surface area contributed by atoms with Gasteiger partial charge in [-0.1, -0.05) is 20.3 Å². The Morgan fingerprint density at radius 3 is 1.82 bits per heavy atom. The summed E-state index contributed by atoms with van der Waals surface area (Å²) in [6.07, 6.45) is 7.09. The van der Waals surface area contributed by atoms with Gasteiger partial charge in [-0.2, -0.15) is 0 Å². The number of allylic oxidation sites excluding steroid dienone is 1. The van der Waals surface area contributed by atoms with Crippen LogP contribution in [0.3, 0.4) is 0 Å². The van der Waals surface area contributed by atoms with E-state index in [1.807, 2.05) is 13.8 Å². The van der Waals surface area contributed by atoms with Crippen LogP contribution in [-0.2, 0) is 33.3 Å². The Kier molecular flexibility index (Phi) is 28.9. The van der Waals surface area contributed by atoms with E-state index in [-0.39, 0.29) is 23.8 Å². The summed E-state index contributed by atoms with van der Waals surface area (Å²) < 4.78 is 27.2. The lowest BCUT2D eigenvalue weighted by atomic mass is 10.0. The number of ketones is 2. The molecule has 0 amide bonds. The summed E-state index contributed by atoms with van der Waals surface area (Å²) in [5.74, 6) is 0.939. The maximum Gasteiger partial charge on any atom is 0.135 e. The third-order valence-corrected chi connectivity index (χ3v) is 5.18. The van der Waals surface area contributed by atoms with Gasteiger partial charge in [-0.25, -0.2) is 0 Å². The fraction of sp³-hybridized carbons (Fsp3) is 0.857. The average molecular weight is 548 g/mol. The molecule has 0 aliphatic rings. The Morgan fingerprint density at radius 1 is 0.684 bits per heavy atom. The second-order valence-corrected chi connectivity index (χ2v) is 9.79. The van der Waals surface area contributed by atoms with Gasteiger partial charge in [-0.15, -0.1) is 0 Å². The zero-order valence-electron chi connectivity index (χ0n) is 24.6. The molecule has 0 saturated heterocycles. The number of unbranched alkanes of at least 4 members (excludes halogenated alkanes) is 2. The van der Waals surface area contributed by atoms with E-state index in [1.165, 1.54) is 0 Å². The number of ether oxygens (including phenoxy) is 5. The van der Waals surface area contributed by atoms with Crippen molar-refractivity contribution in [3.63, 3.8) is 0 Å². The number of carbonyl (C=O) groups excluding carboxylic acids is 2. The Morgan fingerprint density at radius 2 is 1.24 bits per heavy atom. The number of carbonyl (C=O) groups is 2. The number of Topliss-reactive ketones (excluding diaryl/α,β-unsaturated/α-hetero) is 2. The smallest absolute Gasteiger partial charge is 0.135 e. The number of rotatable bonds is 28. The molecule has 0 aliphatic heterocycles. The highest BCUT2D eigenvalue weighted by Crippen LogP contribution is 2.09. The number of nitrogens with one attached hydrogen (secondary N) is 1. The molecule has 0 heterocycles. The standard InChI is InChI=1S/C28H54N2O7.H3N/c1-24(2)23-36-14-12-28(32)9-7-5-6-8-27(31)11-10-26(29)22-30-13-15-33-16-17-34-18-19-35-20-21-37-25(3)4;/h22,24-25,30H,5-21,23,29H2,1-4H3;1H3/b26-22-;. The van der Waals surface area contributed by atoms with Crippen molar-refractivity contribution in [2.24, 2.45) is 11.7 Å². The molecule has 0 saturated carbocycles. The molecule has 10 nitrogen and oxygen atoms in total. The van der Waals surface area contributed by atoms with Crippen LogP contribution >= 0.6 is 0 Å². The molecule has 0 radical (unpaired) electrons. The Labute approximate surface area is 231 Å². The average Bonchev–Trinajstić information content (AvgIpc) is 2.85. The van der Waals surface area contributed by atoms with Crippen LogP contribution in [0.15, 0.2) is 11.9 Å². The van der Waals surface area contributed by atoms with E-state index >= 15 is 0 Å². The summed E-state index contributed by atoms with van der Waals surface area (Å²) in [5, 5.41) is 3.10. The summed E-state index contributed by atoms with van der Waals surface area (Å²) in [6, 6.07) is 0. The second-order valence-electron chi connectivity index (χ2n) is 9.79. The SMILES string of the molecule is CC(C)COCCC(=O)CCCCCC(=O)CC/C(N)=C/NCCOCCOCCOCCOC(C)C.N. The largest absolute Gasteiger partial charge is 0.401 e. The van der Waals surface area contributed by atoms with Gasteiger partial charge >= 0.3 is 0 Å². The zero-order valence-corrected chi connectivity index (χ0v) is 24.6. The van der Waals surface area contributed by atoms with Crippen molar-refractivity contribution in [1.29, 1.82) is 0 Å². The summed E-state index contributed by atoms with van der Waals surface area (Å²) >= 11 is 0. The van der Waals surface area contributed by atoms with Gasteiger partial charge in [0, 0.05) is 50.7 Å². The molecule has 0 fully saturated rings. The monoisotopic (exact) mass is 547 g/mol. The number of hydrogen-bond donors (Lipinski definition) is 3. The minimum atomic E-state index is 0.